The predicted octanol–water partition coefficient (Wildman–Crippen LogP) is 6.17. The summed E-state index contributed by atoms with van der Waals surface area (Å²) in [5, 5.41) is 12.4. The van der Waals surface area contributed by atoms with Crippen molar-refractivity contribution < 1.29 is 14.3 Å². The van der Waals surface area contributed by atoms with Gasteiger partial charge in [0.25, 0.3) is 5.91 Å². The Labute approximate surface area is 230 Å². The molecular formula is C28H26ClN5O3S. The van der Waals surface area contributed by atoms with Crippen LogP contribution in [0.5, 0.6) is 11.5 Å². The van der Waals surface area contributed by atoms with Crippen LogP contribution in [-0.4, -0.2) is 34.9 Å². The Morgan fingerprint density at radius 3 is 2.26 bits per heavy atom. The Morgan fingerprint density at radius 2 is 1.63 bits per heavy atom. The van der Waals surface area contributed by atoms with Crippen molar-refractivity contribution >= 4 is 40.9 Å². The molecule has 0 spiro atoms. The number of rotatable bonds is 8. The molecule has 1 atom stereocenters. The number of carbonyl (C=O) groups is 1. The van der Waals surface area contributed by atoms with Crippen molar-refractivity contribution in [3.05, 3.63) is 100 Å². The molecule has 1 amide bonds. The van der Waals surface area contributed by atoms with Crippen LogP contribution in [0.4, 0.5) is 11.6 Å². The van der Waals surface area contributed by atoms with Crippen molar-refractivity contribution in [1.82, 2.24) is 14.8 Å². The maximum absolute atomic E-state index is 13.7. The standard InChI is InChI=1S/C28H26ClN5O3S/c1-17-24(26(35)31-21-10-14-23(37-3)15-11-21)25(19-6-12-22(36-2)13-7-19)34-27(30-17)32-28(33-34)38-16-18-4-8-20(29)9-5-18/h4-15,25H,16H2,1-3H3,(H,31,35)(H,30,32,33)/t25-/m1/s1. The molecule has 0 radical (unpaired) electrons. The molecule has 0 fully saturated rings. The van der Waals surface area contributed by atoms with E-state index in [4.69, 9.17) is 31.2 Å². The minimum atomic E-state index is -0.493. The first kappa shape index (κ1) is 25.7. The minimum absolute atomic E-state index is 0.238. The number of fused-ring (bicyclic) bond motifs is 1. The second kappa shape index (κ2) is 11.2. The summed E-state index contributed by atoms with van der Waals surface area (Å²) in [5.74, 6) is 2.46. The third-order valence-corrected chi connectivity index (χ3v) is 7.30. The third-order valence-electron chi connectivity index (χ3n) is 6.14. The van der Waals surface area contributed by atoms with Crippen LogP contribution in [0.25, 0.3) is 0 Å². The van der Waals surface area contributed by atoms with Gasteiger partial charge in [-0.15, -0.1) is 5.10 Å². The van der Waals surface area contributed by atoms with Crippen LogP contribution in [0, 0.1) is 0 Å². The van der Waals surface area contributed by atoms with Crippen molar-refractivity contribution in [2.75, 3.05) is 24.9 Å². The largest absolute Gasteiger partial charge is 0.497 e. The normalized spacial score (nSPS) is 14.5. The van der Waals surface area contributed by atoms with Gasteiger partial charge in [-0.2, -0.15) is 4.98 Å². The number of halogens is 1. The number of amides is 1. The van der Waals surface area contributed by atoms with Crippen LogP contribution >= 0.6 is 23.4 Å². The lowest BCUT2D eigenvalue weighted by molar-refractivity contribution is -0.113. The molecule has 38 heavy (non-hydrogen) atoms. The Morgan fingerprint density at radius 1 is 1.00 bits per heavy atom. The highest BCUT2D eigenvalue weighted by Crippen LogP contribution is 2.37. The van der Waals surface area contributed by atoms with Gasteiger partial charge in [-0.25, -0.2) is 4.68 Å². The second-order valence-corrected chi connectivity index (χ2v) is 9.98. The maximum Gasteiger partial charge on any atom is 0.255 e. The fourth-order valence-electron chi connectivity index (χ4n) is 4.18. The van der Waals surface area contributed by atoms with Crippen LogP contribution in [0.3, 0.4) is 0 Å². The molecule has 0 bridgehead atoms. The Bertz CT molecular complexity index is 1470. The first-order chi connectivity index (χ1) is 18.4. The van der Waals surface area contributed by atoms with Crippen LogP contribution in [0.1, 0.15) is 24.1 Å². The summed E-state index contributed by atoms with van der Waals surface area (Å²) < 4.78 is 12.3. The van der Waals surface area contributed by atoms with Crippen molar-refractivity contribution in [3.63, 3.8) is 0 Å². The summed E-state index contributed by atoms with van der Waals surface area (Å²) in [6.07, 6.45) is 0. The first-order valence-corrected chi connectivity index (χ1v) is 13.2. The van der Waals surface area contributed by atoms with E-state index >= 15 is 0 Å². The zero-order valence-electron chi connectivity index (χ0n) is 21.1. The third kappa shape index (κ3) is 5.49. The molecule has 2 N–H and O–H groups in total. The van der Waals surface area contributed by atoms with Gasteiger partial charge in [0.05, 0.1) is 19.8 Å². The van der Waals surface area contributed by atoms with Crippen molar-refractivity contribution in [1.29, 1.82) is 0 Å². The van der Waals surface area contributed by atoms with E-state index in [1.165, 1.54) is 11.8 Å². The van der Waals surface area contributed by atoms with Crippen LogP contribution in [-0.2, 0) is 10.5 Å². The van der Waals surface area contributed by atoms with Crippen LogP contribution in [0.15, 0.2) is 89.2 Å². The molecule has 0 saturated carbocycles. The van der Waals surface area contributed by atoms with Crippen molar-refractivity contribution in [2.45, 2.75) is 23.9 Å². The average molecular weight is 548 g/mol. The van der Waals surface area contributed by atoms with Crippen molar-refractivity contribution in [2.24, 2.45) is 0 Å². The highest BCUT2D eigenvalue weighted by molar-refractivity contribution is 7.98. The lowest BCUT2D eigenvalue weighted by atomic mass is 9.95. The minimum Gasteiger partial charge on any atom is -0.497 e. The number of hydrogen-bond donors (Lipinski definition) is 2. The number of ether oxygens (including phenoxy) is 2. The summed E-state index contributed by atoms with van der Waals surface area (Å²) in [6.45, 7) is 1.87. The van der Waals surface area contributed by atoms with Gasteiger partial charge in [0.2, 0.25) is 11.1 Å². The molecule has 3 aromatic carbocycles. The predicted molar refractivity (Wildman–Crippen MR) is 150 cm³/mol. The van der Waals surface area contributed by atoms with Gasteiger partial charge >= 0.3 is 0 Å². The number of aromatic nitrogens is 3. The average Bonchev–Trinajstić information content (AvgIpc) is 3.34. The number of thioether (sulfide) groups is 1. The van der Waals surface area contributed by atoms with E-state index in [1.807, 2.05) is 55.5 Å². The van der Waals surface area contributed by atoms with E-state index in [0.717, 1.165) is 16.9 Å². The van der Waals surface area contributed by atoms with Crippen LogP contribution < -0.4 is 20.1 Å². The number of nitrogens with zero attached hydrogens (tertiary/aromatic N) is 3. The number of methoxy groups -OCH3 is 2. The molecule has 2 heterocycles. The molecule has 0 aliphatic carbocycles. The summed E-state index contributed by atoms with van der Waals surface area (Å²) in [4.78, 5) is 18.4. The highest BCUT2D eigenvalue weighted by Gasteiger charge is 2.34. The summed E-state index contributed by atoms with van der Waals surface area (Å²) in [5.41, 5.74) is 3.89. The molecule has 0 unspecified atom stereocenters. The topological polar surface area (TPSA) is 90.3 Å². The quantitative estimate of drug-likeness (QED) is 0.255. The maximum atomic E-state index is 13.7. The zero-order valence-corrected chi connectivity index (χ0v) is 22.6. The summed E-state index contributed by atoms with van der Waals surface area (Å²) >= 11 is 7.53. The molecule has 10 heteroatoms. The number of anilines is 2. The van der Waals surface area contributed by atoms with Gasteiger partial charge in [0.15, 0.2) is 0 Å². The molecule has 4 aromatic rings. The van der Waals surface area contributed by atoms with E-state index in [0.29, 0.717) is 44.6 Å². The number of allylic oxidation sites excluding steroid dienone is 1. The van der Waals surface area contributed by atoms with Gasteiger partial charge in [0.1, 0.15) is 17.5 Å². The molecular weight excluding hydrogens is 522 g/mol. The summed E-state index contributed by atoms with van der Waals surface area (Å²) in [6, 6.07) is 22.0. The summed E-state index contributed by atoms with van der Waals surface area (Å²) in [7, 11) is 3.23. The monoisotopic (exact) mass is 547 g/mol. The number of nitrogens with one attached hydrogen (secondary N) is 2. The zero-order chi connectivity index (χ0) is 26.6. The molecule has 0 saturated heterocycles. The van der Waals surface area contributed by atoms with E-state index < -0.39 is 6.04 Å². The molecule has 1 aromatic heterocycles. The van der Waals surface area contributed by atoms with Gasteiger partial charge in [0, 0.05) is 22.2 Å². The molecule has 5 rings (SSSR count). The lowest BCUT2D eigenvalue weighted by Gasteiger charge is -2.28. The second-order valence-electron chi connectivity index (χ2n) is 8.60. The van der Waals surface area contributed by atoms with E-state index in [9.17, 15) is 4.79 Å². The van der Waals surface area contributed by atoms with Gasteiger partial charge in [-0.3, -0.25) is 4.79 Å². The van der Waals surface area contributed by atoms with E-state index in [1.54, 1.807) is 43.2 Å². The Balaban J connectivity index is 1.46. The number of carbonyl (C=O) groups excluding carboxylic acids is 1. The Kier molecular flexibility index (Phi) is 7.57. The molecule has 1 aliphatic heterocycles. The SMILES string of the molecule is COc1ccc(NC(=O)C2=C(C)Nc3nc(SCc4ccc(Cl)cc4)nn3[C@@H]2c2ccc(OC)cc2)cc1. The van der Waals surface area contributed by atoms with E-state index in [2.05, 4.69) is 10.6 Å². The Hall–Kier alpha value is -3.95. The first-order valence-electron chi connectivity index (χ1n) is 11.9. The van der Waals surface area contributed by atoms with E-state index in [-0.39, 0.29) is 5.91 Å². The van der Waals surface area contributed by atoms with Gasteiger partial charge in [-0.1, -0.05) is 47.6 Å². The number of hydrogen-bond acceptors (Lipinski definition) is 7. The molecule has 1 aliphatic rings. The number of benzene rings is 3. The molecule has 8 nitrogen and oxygen atoms in total. The fourth-order valence-corrected chi connectivity index (χ4v) is 5.09. The van der Waals surface area contributed by atoms with Gasteiger partial charge in [-0.05, 0) is 66.6 Å². The van der Waals surface area contributed by atoms with Gasteiger partial charge < -0.3 is 20.1 Å². The highest BCUT2D eigenvalue weighted by atomic mass is 35.5. The molecule has 194 valence electrons. The fraction of sp³-hybridized carbons (Fsp3) is 0.179. The lowest BCUT2D eigenvalue weighted by Crippen LogP contribution is -2.31. The van der Waals surface area contributed by atoms with Crippen LogP contribution in [0.2, 0.25) is 5.02 Å². The van der Waals surface area contributed by atoms with Crippen molar-refractivity contribution in [3.8, 4) is 11.5 Å². The smallest absolute Gasteiger partial charge is 0.255 e.